The number of aromatic nitrogens is 1. The van der Waals surface area contributed by atoms with Gasteiger partial charge in [-0.05, 0) is 24.3 Å². The molecule has 32 heavy (non-hydrogen) atoms. The van der Waals surface area contributed by atoms with Crippen molar-refractivity contribution in [2.24, 2.45) is 0 Å². The van der Waals surface area contributed by atoms with Crippen molar-refractivity contribution in [2.45, 2.75) is 43.8 Å². The van der Waals surface area contributed by atoms with Crippen molar-refractivity contribution in [2.75, 3.05) is 13.2 Å². The van der Waals surface area contributed by atoms with E-state index in [0.29, 0.717) is 36.0 Å². The van der Waals surface area contributed by atoms with Crippen molar-refractivity contribution in [1.82, 2.24) is 4.57 Å². The second-order valence-electron chi connectivity index (χ2n) is 9.23. The topological polar surface area (TPSA) is 80.9 Å². The van der Waals surface area contributed by atoms with Gasteiger partial charge in [-0.15, -0.1) is 0 Å². The summed E-state index contributed by atoms with van der Waals surface area (Å²) >= 11 is 0. The standard InChI is InChI=1S/C24H23F2NO5/c1-23(2)12-32-24(9-14(10-24)31-11-19(29)30)21-20-17(4-3-5-18(20)28)27(22(21)23)13-6-7-15(25)16(26)8-13/h3-8,14,28H,9-12H2,1-2H3,(H,29,30). The molecule has 0 saturated heterocycles. The summed E-state index contributed by atoms with van der Waals surface area (Å²) in [5.74, 6) is -2.86. The van der Waals surface area contributed by atoms with Crippen molar-refractivity contribution in [1.29, 1.82) is 0 Å². The average Bonchev–Trinajstić information content (AvgIpc) is 3.06. The Hall–Kier alpha value is -2.97. The molecule has 0 radical (unpaired) electrons. The molecular formula is C24H23F2NO5. The number of rotatable bonds is 4. The quantitative estimate of drug-likeness (QED) is 0.626. The first-order valence-corrected chi connectivity index (χ1v) is 10.4. The molecule has 6 nitrogen and oxygen atoms in total. The minimum Gasteiger partial charge on any atom is -0.507 e. The summed E-state index contributed by atoms with van der Waals surface area (Å²) in [5.41, 5.74) is 1.50. The number of phenols is 1. The van der Waals surface area contributed by atoms with Gasteiger partial charge in [0.1, 0.15) is 18.0 Å². The number of carbonyl (C=O) groups is 1. The van der Waals surface area contributed by atoms with Crippen LogP contribution in [-0.4, -0.2) is 40.1 Å². The minimum absolute atomic E-state index is 0.0654. The molecule has 2 aliphatic rings. The second kappa shape index (κ2) is 7.02. The number of ether oxygens (including phenoxy) is 2. The third-order valence-electron chi connectivity index (χ3n) is 6.50. The monoisotopic (exact) mass is 443 g/mol. The molecule has 0 atom stereocenters. The van der Waals surface area contributed by atoms with Gasteiger partial charge in [-0.1, -0.05) is 19.9 Å². The zero-order valence-electron chi connectivity index (χ0n) is 17.7. The van der Waals surface area contributed by atoms with Gasteiger partial charge in [-0.25, -0.2) is 13.6 Å². The van der Waals surface area contributed by atoms with Crippen LogP contribution in [-0.2, 0) is 25.3 Å². The van der Waals surface area contributed by atoms with Crippen molar-refractivity contribution in [3.8, 4) is 11.4 Å². The van der Waals surface area contributed by atoms with Crippen molar-refractivity contribution in [3.63, 3.8) is 0 Å². The molecule has 5 rings (SSSR count). The third-order valence-corrected chi connectivity index (χ3v) is 6.50. The van der Waals surface area contributed by atoms with E-state index in [1.807, 2.05) is 24.5 Å². The van der Waals surface area contributed by atoms with Crippen LogP contribution in [0.4, 0.5) is 8.78 Å². The maximum absolute atomic E-state index is 14.2. The van der Waals surface area contributed by atoms with Crippen LogP contribution >= 0.6 is 0 Å². The van der Waals surface area contributed by atoms with E-state index in [0.717, 1.165) is 23.4 Å². The number of aromatic hydroxyl groups is 1. The molecule has 1 fully saturated rings. The fourth-order valence-corrected chi connectivity index (χ4v) is 5.06. The highest BCUT2D eigenvalue weighted by Gasteiger charge is 2.56. The number of phenolic OH excluding ortho intramolecular Hbond substituents is 1. The number of nitrogens with zero attached hydrogens (tertiary/aromatic N) is 1. The summed E-state index contributed by atoms with van der Waals surface area (Å²) in [6.45, 7) is 3.98. The van der Waals surface area contributed by atoms with Crippen molar-refractivity contribution >= 4 is 16.9 Å². The fourth-order valence-electron chi connectivity index (χ4n) is 5.06. The normalized spacial score (nSPS) is 23.8. The van der Waals surface area contributed by atoms with Crippen LogP contribution in [0.5, 0.6) is 5.75 Å². The van der Waals surface area contributed by atoms with E-state index in [9.17, 15) is 18.7 Å². The molecule has 2 aromatic carbocycles. The maximum atomic E-state index is 14.2. The van der Waals surface area contributed by atoms with Crippen molar-refractivity contribution in [3.05, 3.63) is 59.3 Å². The predicted octanol–water partition coefficient (Wildman–Crippen LogP) is 4.38. The summed E-state index contributed by atoms with van der Waals surface area (Å²) in [6, 6.07) is 8.88. The Bertz CT molecular complexity index is 1240. The van der Waals surface area contributed by atoms with Crippen molar-refractivity contribution < 1.29 is 33.3 Å². The molecule has 0 unspecified atom stereocenters. The molecule has 1 aromatic heterocycles. The molecule has 0 amide bonds. The lowest BCUT2D eigenvalue weighted by atomic mass is 9.67. The Labute approximate surface area is 183 Å². The summed E-state index contributed by atoms with van der Waals surface area (Å²) in [5, 5.41) is 20.3. The number of carboxylic acids is 1. The van der Waals surface area contributed by atoms with Crippen LogP contribution in [0.1, 0.15) is 37.9 Å². The molecule has 2 N–H and O–H groups in total. The van der Waals surface area contributed by atoms with Crippen LogP contribution in [0.25, 0.3) is 16.6 Å². The van der Waals surface area contributed by atoms with Crippen LogP contribution in [0, 0.1) is 11.6 Å². The van der Waals surface area contributed by atoms with Crippen LogP contribution in [0.3, 0.4) is 0 Å². The minimum atomic E-state index is -1.04. The highest BCUT2D eigenvalue weighted by molar-refractivity contribution is 5.94. The molecule has 2 heterocycles. The van der Waals surface area contributed by atoms with Gasteiger partial charge in [0.15, 0.2) is 11.6 Å². The Morgan fingerprint density at radius 2 is 1.97 bits per heavy atom. The molecule has 1 aliphatic carbocycles. The van der Waals surface area contributed by atoms with Gasteiger partial charge in [0, 0.05) is 46.7 Å². The lowest BCUT2D eigenvalue weighted by Crippen LogP contribution is -2.54. The predicted molar refractivity (Wildman–Crippen MR) is 112 cm³/mol. The zero-order valence-corrected chi connectivity index (χ0v) is 17.7. The van der Waals surface area contributed by atoms with Gasteiger partial charge in [0.05, 0.1) is 18.2 Å². The van der Waals surface area contributed by atoms with Gasteiger partial charge in [-0.2, -0.15) is 0 Å². The van der Waals surface area contributed by atoms with Crippen LogP contribution in [0.15, 0.2) is 36.4 Å². The van der Waals surface area contributed by atoms with E-state index in [1.165, 1.54) is 6.07 Å². The summed E-state index contributed by atoms with van der Waals surface area (Å²) in [6.07, 6.45) is 0.594. The first-order chi connectivity index (χ1) is 15.1. The average molecular weight is 443 g/mol. The van der Waals surface area contributed by atoms with Crippen LogP contribution in [0.2, 0.25) is 0 Å². The molecule has 1 aliphatic heterocycles. The highest BCUT2D eigenvalue weighted by Crippen LogP contribution is 2.57. The van der Waals surface area contributed by atoms with E-state index in [-0.39, 0.29) is 18.5 Å². The molecule has 1 spiro atoms. The highest BCUT2D eigenvalue weighted by atomic mass is 19.2. The van der Waals surface area contributed by atoms with Gasteiger partial charge < -0.3 is 24.3 Å². The third kappa shape index (κ3) is 3.01. The molecule has 1 saturated carbocycles. The Morgan fingerprint density at radius 3 is 2.66 bits per heavy atom. The van der Waals surface area contributed by atoms with Crippen LogP contribution < -0.4 is 0 Å². The largest absolute Gasteiger partial charge is 0.507 e. The molecule has 0 bridgehead atoms. The Balaban J connectivity index is 1.74. The van der Waals surface area contributed by atoms with E-state index < -0.39 is 28.6 Å². The lowest BCUT2D eigenvalue weighted by Gasteiger charge is -2.52. The molecule has 8 heteroatoms. The number of benzene rings is 2. The number of fused-ring (bicyclic) bond motifs is 4. The first kappa shape index (κ1) is 20.9. The summed E-state index contributed by atoms with van der Waals surface area (Å²) < 4.78 is 41.5. The summed E-state index contributed by atoms with van der Waals surface area (Å²) in [7, 11) is 0. The lowest BCUT2D eigenvalue weighted by molar-refractivity contribution is -0.198. The number of carboxylic acid groups (broad SMARTS) is 1. The first-order valence-electron chi connectivity index (χ1n) is 10.4. The summed E-state index contributed by atoms with van der Waals surface area (Å²) in [4.78, 5) is 10.9. The van der Waals surface area contributed by atoms with E-state index in [4.69, 9.17) is 14.6 Å². The Kier molecular flexibility index (Phi) is 4.58. The smallest absolute Gasteiger partial charge is 0.329 e. The number of halogens is 2. The maximum Gasteiger partial charge on any atom is 0.329 e. The molecule has 168 valence electrons. The SMILES string of the molecule is CC1(C)COC2(CC(OCC(=O)O)C2)c2c1n(-c1ccc(F)c(F)c1)c1cccc(O)c21. The van der Waals surface area contributed by atoms with Gasteiger partial charge in [0.25, 0.3) is 0 Å². The molecule has 3 aromatic rings. The fraction of sp³-hybridized carbons (Fsp3) is 0.375. The molecular weight excluding hydrogens is 420 g/mol. The van der Waals surface area contributed by atoms with Gasteiger partial charge >= 0.3 is 5.97 Å². The number of aliphatic carboxylic acids is 1. The van der Waals surface area contributed by atoms with Gasteiger partial charge in [0.2, 0.25) is 0 Å². The van der Waals surface area contributed by atoms with Gasteiger partial charge in [-0.3, -0.25) is 0 Å². The van der Waals surface area contributed by atoms with E-state index >= 15 is 0 Å². The Morgan fingerprint density at radius 1 is 1.22 bits per heavy atom. The zero-order chi connectivity index (χ0) is 22.8. The van der Waals surface area contributed by atoms with E-state index in [1.54, 1.807) is 12.1 Å². The number of hydrogen-bond donors (Lipinski definition) is 2. The second-order valence-corrected chi connectivity index (χ2v) is 9.23. The van der Waals surface area contributed by atoms with E-state index in [2.05, 4.69) is 0 Å². The number of hydrogen-bond acceptors (Lipinski definition) is 4.